The second-order valence-corrected chi connectivity index (χ2v) is 5.24. The maximum atomic E-state index is 5.89. The highest BCUT2D eigenvalue weighted by Crippen LogP contribution is 2.25. The number of nitrogen functional groups attached to an aromatic ring is 1. The fourth-order valence-electron chi connectivity index (χ4n) is 2.58. The van der Waals surface area contributed by atoms with Gasteiger partial charge in [0.15, 0.2) is 0 Å². The van der Waals surface area contributed by atoms with Crippen LogP contribution in [0.1, 0.15) is 39.0 Å². The van der Waals surface area contributed by atoms with Crippen LogP contribution in [0.15, 0.2) is 18.2 Å². The monoisotopic (exact) mass is 278 g/mol. The zero-order valence-corrected chi connectivity index (χ0v) is 12.4. The molecule has 4 nitrogen and oxygen atoms in total. The first-order chi connectivity index (χ1) is 9.79. The van der Waals surface area contributed by atoms with Gasteiger partial charge in [0.1, 0.15) is 5.75 Å². The number of anilines is 2. The number of ether oxygens (including phenoxy) is 2. The summed E-state index contributed by atoms with van der Waals surface area (Å²) in [5, 5.41) is 3.35. The van der Waals surface area contributed by atoms with Gasteiger partial charge in [-0.25, -0.2) is 0 Å². The molecule has 0 aliphatic heterocycles. The second-order valence-electron chi connectivity index (χ2n) is 5.24. The van der Waals surface area contributed by atoms with Crippen molar-refractivity contribution in [3.05, 3.63) is 18.2 Å². The molecule has 0 spiro atoms. The normalized spacial score (nSPS) is 16.1. The molecule has 3 N–H and O–H groups in total. The molecule has 1 aromatic rings. The zero-order chi connectivity index (χ0) is 14.2. The number of rotatable bonds is 7. The van der Waals surface area contributed by atoms with Gasteiger partial charge in [-0.2, -0.15) is 0 Å². The Hall–Kier alpha value is -1.42. The molecule has 0 bridgehead atoms. The molecule has 0 atom stereocenters. The fourth-order valence-corrected chi connectivity index (χ4v) is 2.58. The Kier molecular flexibility index (Phi) is 5.99. The van der Waals surface area contributed by atoms with E-state index in [2.05, 4.69) is 5.32 Å². The summed E-state index contributed by atoms with van der Waals surface area (Å²) in [5.41, 5.74) is 7.55. The van der Waals surface area contributed by atoms with E-state index in [4.69, 9.17) is 15.2 Å². The van der Waals surface area contributed by atoms with Gasteiger partial charge in [0.2, 0.25) is 0 Å². The van der Waals surface area contributed by atoms with Crippen LogP contribution in [0.5, 0.6) is 5.75 Å². The van der Waals surface area contributed by atoms with Crippen molar-refractivity contribution >= 4 is 11.4 Å². The van der Waals surface area contributed by atoms with Gasteiger partial charge in [0.25, 0.3) is 0 Å². The average molecular weight is 278 g/mol. The summed E-state index contributed by atoms with van der Waals surface area (Å²) < 4.78 is 11.4. The minimum Gasteiger partial charge on any atom is -0.492 e. The molecular weight excluding hydrogens is 252 g/mol. The van der Waals surface area contributed by atoms with Crippen molar-refractivity contribution in [2.24, 2.45) is 0 Å². The molecule has 112 valence electrons. The molecule has 0 aromatic heterocycles. The minimum atomic E-state index is 0.468. The van der Waals surface area contributed by atoms with E-state index >= 15 is 0 Å². The predicted molar refractivity (Wildman–Crippen MR) is 83.3 cm³/mol. The van der Waals surface area contributed by atoms with E-state index < -0.39 is 0 Å². The number of nitrogens with one attached hydrogen (secondary N) is 1. The molecule has 1 saturated carbocycles. The summed E-state index contributed by atoms with van der Waals surface area (Å²) in [6.07, 6.45) is 6.90. The first-order valence-electron chi connectivity index (χ1n) is 7.67. The molecule has 1 aliphatic carbocycles. The lowest BCUT2D eigenvalue weighted by Crippen LogP contribution is -2.20. The molecule has 0 amide bonds. The fraction of sp³-hybridized carbons (Fsp3) is 0.625. The van der Waals surface area contributed by atoms with Crippen LogP contribution < -0.4 is 15.8 Å². The van der Waals surface area contributed by atoms with Crippen molar-refractivity contribution < 1.29 is 9.47 Å². The van der Waals surface area contributed by atoms with E-state index in [-0.39, 0.29) is 0 Å². The zero-order valence-electron chi connectivity index (χ0n) is 12.4. The molecule has 1 aromatic carbocycles. The van der Waals surface area contributed by atoms with Crippen molar-refractivity contribution in [2.75, 3.05) is 30.8 Å². The van der Waals surface area contributed by atoms with Crippen LogP contribution in [-0.4, -0.2) is 25.9 Å². The molecule has 0 radical (unpaired) electrons. The molecule has 1 aliphatic rings. The third-order valence-electron chi connectivity index (χ3n) is 3.65. The smallest absolute Gasteiger partial charge is 0.144 e. The molecule has 0 saturated heterocycles. The lowest BCUT2D eigenvalue weighted by atomic mass is 9.98. The van der Waals surface area contributed by atoms with Gasteiger partial charge in [-0.3, -0.25) is 0 Å². The Bertz CT molecular complexity index is 403. The van der Waals surface area contributed by atoms with Gasteiger partial charge in [-0.1, -0.05) is 19.3 Å². The number of hydrogen-bond donors (Lipinski definition) is 2. The van der Waals surface area contributed by atoms with E-state index in [0.29, 0.717) is 18.4 Å². The maximum absolute atomic E-state index is 5.89. The average Bonchev–Trinajstić information content (AvgIpc) is 2.48. The van der Waals surface area contributed by atoms with E-state index in [1.165, 1.54) is 32.1 Å². The van der Waals surface area contributed by atoms with Crippen LogP contribution in [0, 0.1) is 0 Å². The maximum Gasteiger partial charge on any atom is 0.144 e. The summed E-state index contributed by atoms with van der Waals surface area (Å²) in [6, 6.07) is 5.78. The highest BCUT2D eigenvalue weighted by Gasteiger charge is 2.12. The highest BCUT2D eigenvalue weighted by atomic mass is 16.5. The first-order valence-corrected chi connectivity index (χ1v) is 7.67. The van der Waals surface area contributed by atoms with Crippen LogP contribution in [0.25, 0.3) is 0 Å². The number of hydrogen-bond acceptors (Lipinski definition) is 4. The number of nitrogens with two attached hydrogens (primary N) is 1. The largest absolute Gasteiger partial charge is 0.492 e. The molecule has 1 fully saturated rings. The van der Waals surface area contributed by atoms with Crippen LogP contribution in [0.3, 0.4) is 0 Å². The lowest BCUT2D eigenvalue weighted by molar-refractivity contribution is 0.0347. The van der Waals surface area contributed by atoms with Crippen LogP contribution in [0.2, 0.25) is 0 Å². The Labute approximate surface area is 121 Å². The van der Waals surface area contributed by atoms with Crippen molar-refractivity contribution in [2.45, 2.75) is 45.1 Å². The van der Waals surface area contributed by atoms with Gasteiger partial charge < -0.3 is 20.5 Å². The minimum absolute atomic E-state index is 0.468. The van der Waals surface area contributed by atoms with E-state index in [9.17, 15) is 0 Å². The standard InChI is InChI=1S/C16H26N2O2/c1-2-19-16-12-13(8-9-15(16)17)18-10-11-20-14-6-4-3-5-7-14/h8-9,12,14,18H,2-7,10-11,17H2,1H3. The summed E-state index contributed by atoms with van der Waals surface area (Å²) in [7, 11) is 0. The van der Waals surface area contributed by atoms with Crippen LogP contribution >= 0.6 is 0 Å². The molecule has 0 heterocycles. The van der Waals surface area contributed by atoms with Gasteiger partial charge in [-0.15, -0.1) is 0 Å². The van der Waals surface area contributed by atoms with E-state index in [0.717, 1.165) is 24.6 Å². The van der Waals surface area contributed by atoms with Crippen molar-refractivity contribution in [3.8, 4) is 5.75 Å². The van der Waals surface area contributed by atoms with Crippen LogP contribution in [0.4, 0.5) is 11.4 Å². The predicted octanol–water partition coefficient (Wildman–Crippen LogP) is 3.43. The van der Waals surface area contributed by atoms with Crippen molar-refractivity contribution in [3.63, 3.8) is 0 Å². The van der Waals surface area contributed by atoms with Gasteiger partial charge >= 0.3 is 0 Å². The van der Waals surface area contributed by atoms with E-state index in [1.807, 2.05) is 25.1 Å². The van der Waals surface area contributed by atoms with Crippen molar-refractivity contribution in [1.82, 2.24) is 0 Å². The summed E-state index contributed by atoms with van der Waals surface area (Å²) in [6.45, 7) is 4.14. The second kappa shape index (κ2) is 8.00. The molecule has 4 heteroatoms. The van der Waals surface area contributed by atoms with Gasteiger partial charge in [0.05, 0.1) is 25.0 Å². The topological polar surface area (TPSA) is 56.5 Å². The number of benzene rings is 1. The van der Waals surface area contributed by atoms with E-state index in [1.54, 1.807) is 0 Å². The third kappa shape index (κ3) is 4.60. The molecule has 20 heavy (non-hydrogen) atoms. The summed E-state index contributed by atoms with van der Waals surface area (Å²) >= 11 is 0. The Morgan fingerprint density at radius 2 is 2.05 bits per heavy atom. The molecule has 0 unspecified atom stereocenters. The third-order valence-corrected chi connectivity index (χ3v) is 3.65. The highest BCUT2D eigenvalue weighted by molar-refractivity contribution is 5.61. The van der Waals surface area contributed by atoms with Crippen LogP contribution in [-0.2, 0) is 4.74 Å². The quantitative estimate of drug-likeness (QED) is 0.592. The molecular formula is C16H26N2O2. The van der Waals surface area contributed by atoms with Crippen molar-refractivity contribution in [1.29, 1.82) is 0 Å². The SMILES string of the molecule is CCOc1cc(NCCOC2CCCCC2)ccc1N. The summed E-state index contributed by atoms with van der Waals surface area (Å²) in [5.74, 6) is 0.741. The lowest BCUT2D eigenvalue weighted by Gasteiger charge is -2.22. The Morgan fingerprint density at radius 1 is 1.25 bits per heavy atom. The summed E-state index contributed by atoms with van der Waals surface area (Å²) in [4.78, 5) is 0. The Balaban J connectivity index is 1.71. The first kappa shape index (κ1) is 15.0. The van der Waals surface area contributed by atoms with Gasteiger partial charge in [0, 0.05) is 18.3 Å². The van der Waals surface area contributed by atoms with Gasteiger partial charge in [-0.05, 0) is 31.9 Å². The Morgan fingerprint density at radius 3 is 2.80 bits per heavy atom. The molecule has 2 rings (SSSR count).